The van der Waals surface area contributed by atoms with E-state index in [1.165, 1.54) is 23.5 Å². The summed E-state index contributed by atoms with van der Waals surface area (Å²) in [7, 11) is 0. The van der Waals surface area contributed by atoms with Crippen molar-refractivity contribution < 1.29 is 27.9 Å². The smallest absolute Gasteiger partial charge is 0.425 e. The van der Waals surface area contributed by atoms with Crippen LogP contribution in [0.1, 0.15) is 39.7 Å². The van der Waals surface area contributed by atoms with E-state index in [1.54, 1.807) is 12.1 Å². The topological polar surface area (TPSA) is 52.6 Å². The number of hydrogen-bond acceptors (Lipinski definition) is 5. The zero-order chi connectivity index (χ0) is 23.5. The van der Waals surface area contributed by atoms with E-state index in [-0.39, 0.29) is 17.8 Å². The van der Waals surface area contributed by atoms with Gasteiger partial charge in [0, 0.05) is 24.3 Å². The molecule has 0 aliphatic carbocycles. The molecular formula is C27H27FNO4S+. The molecule has 2 unspecified atom stereocenters. The summed E-state index contributed by atoms with van der Waals surface area (Å²) < 4.78 is 26.2. The van der Waals surface area contributed by atoms with Gasteiger partial charge in [-0.3, -0.25) is 4.79 Å². The molecule has 7 heteroatoms. The minimum atomic E-state index is -0.769. The highest BCUT2D eigenvalue weighted by molar-refractivity contribution is 7.12. The Balaban J connectivity index is 1.29. The second-order valence-corrected chi connectivity index (χ2v) is 10.2. The van der Waals surface area contributed by atoms with E-state index in [4.69, 9.17) is 9.47 Å². The van der Waals surface area contributed by atoms with Crippen LogP contribution >= 0.6 is 11.3 Å². The Morgan fingerprint density at radius 3 is 2.47 bits per heavy atom. The summed E-state index contributed by atoms with van der Waals surface area (Å²) in [5.74, 6) is 0.0234. The van der Waals surface area contributed by atoms with Crippen molar-refractivity contribution in [3.63, 3.8) is 0 Å². The van der Waals surface area contributed by atoms with Crippen LogP contribution in [-0.2, 0) is 9.47 Å². The third kappa shape index (κ3) is 4.91. The summed E-state index contributed by atoms with van der Waals surface area (Å²) in [6.07, 6.45) is 0.00675. The van der Waals surface area contributed by atoms with Gasteiger partial charge in [0.25, 0.3) is 0 Å². The number of nitrogens with zero attached hydrogens (tertiary/aromatic N) is 1. The number of rotatable bonds is 7. The minimum Gasteiger partial charge on any atom is -0.425 e. The summed E-state index contributed by atoms with van der Waals surface area (Å²) in [6, 6.07) is 19.1. The number of fused-ring (bicyclic) bond motifs is 3. The monoisotopic (exact) mass is 480 g/mol. The van der Waals surface area contributed by atoms with Gasteiger partial charge in [0.05, 0.1) is 18.0 Å². The Labute approximate surface area is 202 Å². The van der Waals surface area contributed by atoms with Crippen LogP contribution in [-0.4, -0.2) is 48.7 Å². The van der Waals surface area contributed by atoms with Gasteiger partial charge in [-0.15, -0.1) is 11.3 Å². The first-order valence-electron chi connectivity index (χ1n) is 11.6. The predicted molar refractivity (Wildman–Crippen MR) is 127 cm³/mol. The molecule has 0 radical (unpaired) electrons. The van der Waals surface area contributed by atoms with E-state index >= 15 is 0 Å². The number of quaternary nitrogens is 1. The number of Topliss-reactive ketones (excluding diaryl/α,β-unsaturated/α-hetero) is 1. The fourth-order valence-corrected chi connectivity index (χ4v) is 5.93. The fraction of sp³-hybridized carbons (Fsp3) is 0.333. The zero-order valence-electron chi connectivity index (χ0n) is 18.8. The maximum absolute atomic E-state index is 13.9. The predicted octanol–water partition coefficient (Wildman–Crippen LogP) is 5.62. The SMILES string of the molecule is O=C(OC(c1ccccc1)c1cccc(F)c1)OC1C[N+]2(CC(=O)c3cccs3)CCC1CC2. The number of thiophene rings is 1. The quantitative estimate of drug-likeness (QED) is 0.250. The first-order chi connectivity index (χ1) is 16.5. The second-order valence-electron chi connectivity index (χ2n) is 9.24. The highest BCUT2D eigenvalue weighted by atomic mass is 32.1. The Kier molecular flexibility index (Phi) is 6.48. The van der Waals surface area contributed by atoms with E-state index in [1.807, 2.05) is 47.8 Å². The first kappa shape index (κ1) is 22.7. The Morgan fingerprint density at radius 1 is 1.00 bits per heavy atom. The number of piperidine rings is 3. The first-order valence-corrected chi connectivity index (χ1v) is 12.5. The van der Waals surface area contributed by atoms with E-state index in [9.17, 15) is 14.0 Å². The van der Waals surface area contributed by atoms with Crippen molar-refractivity contribution in [1.82, 2.24) is 0 Å². The molecule has 0 spiro atoms. The average Bonchev–Trinajstić information content (AvgIpc) is 3.39. The standard InChI is InChI=1S/C27H27FNO4S/c28-22-9-4-8-21(16-22)26(20-6-2-1-3-7-20)33-27(31)32-24-18-29(13-11-19(24)12-14-29)17-23(30)25-10-5-15-34-25/h1-10,15-16,19,24,26H,11-14,17-18H2/q+1. The van der Waals surface area contributed by atoms with Gasteiger partial charge >= 0.3 is 6.16 Å². The molecule has 6 rings (SSSR count). The molecule has 3 aliphatic heterocycles. The van der Waals surface area contributed by atoms with Crippen molar-refractivity contribution in [2.24, 2.45) is 5.92 Å². The summed E-state index contributed by atoms with van der Waals surface area (Å²) in [4.78, 5) is 26.5. The maximum atomic E-state index is 13.9. The molecule has 0 amide bonds. The molecule has 4 heterocycles. The van der Waals surface area contributed by atoms with Gasteiger partial charge in [0.15, 0.2) is 12.2 Å². The molecule has 176 valence electrons. The molecule has 2 bridgehead atoms. The largest absolute Gasteiger partial charge is 0.509 e. The van der Waals surface area contributed by atoms with Crippen LogP contribution in [0.3, 0.4) is 0 Å². The van der Waals surface area contributed by atoms with Crippen LogP contribution < -0.4 is 0 Å². The molecule has 2 aromatic carbocycles. The van der Waals surface area contributed by atoms with Gasteiger partial charge in [-0.1, -0.05) is 48.5 Å². The van der Waals surface area contributed by atoms with Gasteiger partial charge < -0.3 is 14.0 Å². The molecule has 0 N–H and O–H groups in total. The number of carbonyl (C=O) groups is 2. The third-order valence-electron chi connectivity index (χ3n) is 7.03. The molecule has 2 atom stereocenters. The second kappa shape index (κ2) is 9.68. The van der Waals surface area contributed by atoms with Gasteiger partial charge in [-0.05, 0) is 29.1 Å². The number of halogens is 1. The molecule has 34 heavy (non-hydrogen) atoms. The Hall–Kier alpha value is -3.03. The van der Waals surface area contributed by atoms with Crippen LogP contribution in [0.2, 0.25) is 0 Å². The number of carbonyl (C=O) groups excluding carboxylic acids is 2. The highest BCUT2D eigenvalue weighted by Crippen LogP contribution is 2.37. The molecule has 3 aromatic rings. The lowest BCUT2D eigenvalue weighted by atomic mass is 9.83. The third-order valence-corrected chi connectivity index (χ3v) is 7.94. The summed E-state index contributed by atoms with van der Waals surface area (Å²) in [5, 5.41) is 1.92. The molecule has 5 nitrogen and oxygen atoms in total. The average molecular weight is 481 g/mol. The van der Waals surface area contributed by atoms with Crippen LogP contribution in [0.5, 0.6) is 0 Å². The number of hydrogen-bond donors (Lipinski definition) is 0. The normalized spacial score (nSPS) is 24.4. The summed E-state index contributed by atoms with van der Waals surface area (Å²) >= 11 is 1.47. The lowest BCUT2D eigenvalue weighted by Crippen LogP contribution is -2.65. The van der Waals surface area contributed by atoms with E-state index in [0.29, 0.717) is 23.1 Å². The van der Waals surface area contributed by atoms with E-state index < -0.39 is 18.1 Å². The number of benzene rings is 2. The van der Waals surface area contributed by atoms with Crippen LogP contribution in [0.25, 0.3) is 0 Å². The van der Waals surface area contributed by atoms with Crippen molar-refractivity contribution in [1.29, 1.82) is 0 Å². The van der Waals surface area contributed by atoms with Crippen molar-refractivity contribution in [2.75, 3.05) is 26.2 Å². The lowest BCUT2D eigenvalue weighted by molar-refractivity contribution is -0.938. The molecular weight excluding hydrogens is 453 g/mol. The van der Waals surface area contributed by atoms with Crippen molar-refractivity contribution in [3.05, 3.63) is 93.9 Å². The zero-order valence-corrected chi connectivity index (χ0v) is 19.6. The van der Waals surface area contributed by atoms with Gasteiger partial charge in [0.1, 0.15) is 18.9 Å². The van der Waals surface area contributed by atoms with Crippen LogP contribution in [0.4, 0.5) is 9.18 Å². The van der Waals surface area contributed by atoms with Crippen molar-refractivity contribution in [2.45, 2.75) is 25.0 Å². The van der Waals surface area contributed by atoms with E-state index in [2.05, 4.69) is 0 Å². The molecule has 0 saturated carbocycles. The Bertz CT molecular complexity index is 1140. The van der Waals surface area contributed by atoms with Gasteiger partial charge in [0.2, 0.25) is 5.78 Å². The number of ether oxygens (including phenoxy) is 2. The van der Waals surface area contributed by atoms with Crippen LogP contribution in [0, 0.1) is 11.7 Å². The van der Waals surface area contributed by atoms with Crippen molar-refractivity contribution >= 4 is 23.3 Å². The molecule has 3 saturated heterocycles. The summed E-state index contributed by atoms with van der Waals surface area (Å²) in [5.41, 5.74) is 1.28. The van der Waals surface area contributed by atoms with Gasteiger partial charge in [-0.2, -0.15) is 0 Å². The maximum Gasteiger partial charge on any atom is 0.509 e. The van der Waals surface area contributed by atoms with Crippen molar-refractivity contribution in [3.8, 4) is 0 Å². The highest BCUT2D eigenvalue weighted by Gasteiger charge is 2.49. The summed E-state index contributed by atoms with van der Waals surface area (Å²) in [6.45, 7) is 2.89. The van der Waals surface area contributed by atoms with E-state index in [0.717, 1.165) is 36.4 Å². The van der Waals surface area contributed by atoms with Crippen LogP contribution in [0.15, 0.2) is 72.1 Å². The molecule has 1 aromatic heterocycles. The molecule has 3 aliphatic rings. The minimum absolute atomic E-state index is 0.145. The lowest BCUT2D eigenvalue weighted by Gasteiger charge is -2.51. The Morgan fingerprint density at radius 2 is 1.76 bits per heavy atom. The molecule has 3 fully saturated rings. The van der Waals surface area contributed by atoms with Gasteiger partial charge in [-0.25, -0.2) is 9.18 Å². The number of ketones is 1. The fourth-order valence-electron chi connectivity index (χ4n) is 5.27.